The molecule has 0 atom stereocenters. The van der Waals surface area contributed by atoms with Crippen molar-refractivity contribution in [3.05, 3.63) is 52.1 Å². The molecule has 0 radical (unpaired) electrons. The van der Waals surface area contributed by atoms with Crippen LogP contribution in [0.3, 0.4) is 0 Å². The second-order valence-corrected chi connectivity index (χ2v) is 7.06. The van der Waals surface area contributed by atoms with Crippen molar-refractivity contribution in [2.24, 2.45) is 0 Å². The van der Waals surface area contributed by atoms with E-state index in [0.29, 0.717) is 5.92 Å². The minimum Gasteiger partial charge on any atom is -0.307 e. The molecule has 3 nitrogen and oxygen atoms in total. The molecule has 1 fully saturated rings. The molecule has 1 aliphatic carbocycles. The van der Waals surface area contributed by atoms with Gasteiger partial charge in [-0.2, -0.15) is 0 Å². The van der Waals surface area contributed by atoms with E-state index in [0.717, 1.165) is 34.6 Å². The minimum atomic E-state index is 0.677. The molecule has 2 aromatic rings. The van der Waals surface area contributed by atoms with E-state index in [9.17, 15) is 0 Å². The number of thioether (sulfide) groups is 1. The second-order valence-electron chi connectivity index (χ2n) is 5.57. The Morgan fingerprint density at radius 1 is 1.24 bits per heavy atom. The maximum Gasteiger partial charge on any atom is 0.139 e. The van der Waals surface area contributed by atoms with Crippen LogP contribution in [-0.4, -0.2) is 9.97 Å². The maximum absolute atomic E-state index is 6.03. The highest BCUT2D eigenvalue weighted by Crippen LogP contribution is 2.42. The van der Waals surface area contributed by atoms with Gasteiger partial charge in [0.1, 0.15) is 5.82 Å². The molecule has 5 heteroatoms. The smallest absolute Gasteiger partial charge is 0.139 e. The van der Waals surface area contributed by atoms with Crippen LogP contribution in [0.4, 0.5) is 0 Å². The quantitative estimate of drug-likeness (QED) is 0.868. The van der Waals surface area contributed by atoms with Crippen molar-refractivity contribution in [1.82, 2.24) is 15.3 Å². The van der Waals surface area contributed by atoms with Gasteiger partial charge in [0.25, 0.3) is 0 Å². The molecule has 0 amide bonds. The number of hydrogen-bond acceptors (Lipinski definition) is 4. The number of rotatable bonds is 4. The predicted molar refractivity (Wildman–Crippen MR) is 85.6 cm³/mol. The molecule has 2 heterocycles. The Hall–Kier alpha value is -1.10. The van der Waals surface area contributed by atoms with Crippen LogP contribution < -0.4 is 5.32 Å². The van der Waals surface area contributed by atoms with Crippen molar-refractivity contribution >= 4 is 23.4 Å². The van der Waals surface area contributed by atoms with Crippen LogP contribution in [0.2, 0.25) is 5.02 Å². The van der Waals surface area contributed by atoms with E-state index in [1.54, 1.807) is 11.8 Å². The standard InChI is InChI=1S/C16H16ClN3S/c17-11-2-1-3-12(6-11)21-9-15-19-14-8-18-7-13(14)16(20-15)10-4-5-10/h1-3,6,10,18H,4-5,7-9H2. The van der Waals surface area contributed by atoms with Gasteiger partial charge >= 0.3 is 0 Å². The Labute approximate surface area is 133 Å². The molecule has 2 aliphatic rings. The molecule has 1 aromatic carbocycles. The number of aromatic nitrogens is 2. The average Bonchev–Trinajstić information content (AvgIpc) is 3.22. The second kappa shape index (κ2) is 5.59. The normalized spacial score (nSPS) is 17.0. The van der Waals surface area contributed by atoms with Crippen LogP contribution in [0.5, 0.6) is 0 Å². The highest BCUT2D eigenvalue weighted by Gasteiger charge is 2.31. The third kappa shape index (κ3) is 2.93. The van der Waals surface area contributed by atoms with Crippen molar-refractivity contribution in [3.8, 4) is 0 Å². The van der Waals surface area contributed by atoms with E-state index < -0.39 is 0 Å². The molecular formula is C16H16ClN3S. The molecule has 1 aliphatic heterocycles. The van der Waals surface area contributed by atoms with E-state index in [2.05, 4.69) is 11.4 Å². The van der Waals surface area contributed by atoms with Crippen molar-refractivity contribution < 1.29 is 0 Å². The lowest BCUT2D eigenvalue weighted by molar-refractivity contribution is 0.755. The van der Waals surface area contributed by atoms with Gasteiger partial charge in [0.15, 0.2) is 0 Å². The third-order valence-corrected chi connectivity index (χ3v) is 5.12. The maximum atomic E-state index is 6.03. The Morgan fingerprint density at radius 3 is 2.95 bits per heavy atom. The lowest BCUT2D eigenvalue weighted by Crippen LogP contribution is -2.04. The predicted octanol–water partition coefficient (Wildman–Crippen LogP) is 3.90. The van der Waals surface area contributed by atoms with E-state index in [1.165, 1.54) is 29.8 Å². The van der Waals surface area contributed by atoms with Crippen molar-refractivity contribution in [3.63, 3.8) is 0 Å². The molecule has 21 heavy (non-hydrogen) atoms. The van der Waals surface area contributed by atoms with Gasteiger partial charge < -0.3 is 5.32 Å². The van der Waals surface area contributed by atoms with Crippen LogP contribution in [0, 0.1) is 0 Å². The summed E-state index contributed by atoms with van der Waals surface area (Å²) in [5.41, 5.74) is 3.86. The van der Waals surface area contributed by atoms with E-state index >= 15 is 0 Å². The van der Waals surface area contributed by atoms with Gasteiger partial charge in [-0.3, -0.25) is 0 Å². The van der Waals surface area contributed by atoms with E-state index in [4.69, 9.17) is 21.6 Å². The van der Waals surface area contributed by atoms with Crippen LogP contribution in [-0.2, 0) is 18.8 Å². The van der Waals surface area contributed by atoms with Gasteiger partial charge in [0.05, 0.1) is 17.1 Å². The molecule has 1 N–H and O–H groups in total. The highest BCUT2D eigenvalue weighted by molar-refractivity contribution is 7.98. The fraction of sp³-hybridized carbons (Fsp3) is 0.375. The molecule has 1 saturated carbocycles. The lowest BCUT2D eigenvalue weighted by atomic mass is 10.1. The van der Waals surface area contributed by atoms with Gasteiger partial charge in [-0.15, -0.1) is 11.8 Å². The van der Waals surface area contributed by atoms with Crippen molar-refractivity contribution in [2.75, 3.05) is 0 Å². The van der Waals surface area contributed by atoms with E-state index in [1.807, 2.05) is 18.2 Å². The molecule has 0 unspecified atom stereocenters. The Morgan fingerprint density at radius 2 is 2.14 bits per heavy atom. The Balaban J connectivity index is 1.56. The zero-order valence-corrected chi connectivity index (χ0v) is 13.2. The summed E-state index contributed by atoms with van der Waals surface area (Å²) in [4.78, 5) is 10.7. The van der Waals surface area contributed by atoms with Crippen molar-refractivity contribution in [2.45, 2.75) is 42.5 Å². The summed E-state index contributed by atoms with van der Waals surface area (Å²) >= 11 is 7.77. The zero-order chi connectivity index (χ0) is 14.2. The summed E-state index contributed by atoms with van der Waals surface area (Å²) in [6.45, 7) is 1.81. The van der Waals surface area contributed by atoms with Crippen LogP contribution in [0.1, 0.15) is 41.5 Å². The first kappa shape index (κ1) is 13.6. The third-order valence-electron chi connectivity index (χ3n) is 3.89. The lowest BCUT2D eigenvalue weighted by Gasteiger charge is -2.09. The van der Waals surface area contributed by atoms with E-state index in [-0.39, 0.29) is 0 Å². The molecule has 4 rings (SSSR count). The summed E-state index contributed by atoms with van der Waals surface area (Å²) in [6.07, 6.45) is 2.56. The van der Waals surface area contributed by atoms with Gasteiger partial charge in [-0.25, -0.2) is 9.97 Å². The van der Waals surface area contributed by atoms with Gasteiger partial charge in [0, 0.05) is 34.5 Å². The fourth-order valence-electron chi connectivity index (χ4n) is 2.71. The fourth-order valence-corrected chi connectivity index (χ4v) is 3.78. The summed E-state index contributed by atoms with van der Waals surface area (Å²) < 4.78 is 0. The molecular weight excluding hydrogens is 302 g/mol. The average molecular weight is 318 g/mol. The molecule has 0 bridgehead atoms. The van der Waals surface area contributed by atoms with Crippen LogP contribution >= 0.6 is 23.4 Å². The van der Waals surface area contributed by atoms with Crippen molar-refractivity contribution in [1.29, 1.82) is 0 Å². The summed E-state index contributed by atoms with van der Waals surface area (Å²) in [7, 11) is 0. The number of halogens is 1. The Kier molecular flexibility index (Phi) is 3.61. The largest absolute Gasteiger partial charge is 0.307 e. The van der Waals surface area contributed by atoms with Gasteiger partial charge in [-0.05, 0) is 31.0 Å². The molecule has 0 spiro atoms. The highest BCUT2D eigenvalue weighted by atomic mass is 35.5. The van der Waals surface area contributed by atoms with Gasteiger partial charge in [-0.1, -0.05) is 17.7 Å². The topological polar surface area (TPSA) is 37.8 Å². The first-order valence-corrected chi connectivity index (χ1v) is 8.63. The number of nitrogens with one attached hydrogen (secondary N) is 1. The Bertz CT molecular complexity index is 685. The molecule has 108 valence electrons. The van der Waals surface area contributed by atoms with Crippen LogP contribution in [0.25, 0.3) is 0 Å². The number of nitrogens with zero attached hydrogens (tertiary/aromatic N) is 2. The minimum absolute atomic E-state index is 0.677. The first-order valence-electron chi connectivity index (χ1n) is 7.27. The molecule has 1 aromatic heterocycles. The van der Waals surface area contributed by atoms with Crippen LogP contribution in [0.15, 0.2) is 29.2 Å². The monoisotopic (exact) mass is 317 g/mol. The number of benzene rings is 1. The van der Waals surface area contributed by atoms with Gasteiger partial charge in [0.2, 0.25) is 0 Å². The SMILES string of the molecule is Clc1cccc(SCc2nc3c(c(C4CC4)n2)CNC3)c1. The zero-order valence-electron chi connectivity index (χ0n) is 11.6. The number of fused-ring (bicyclic) bond motifs is 1. The summed E-state index contributed by atoms with van der Waals surface area (Å²) in [5, 5.41) is 4.17. The number of hydrogen-bond donors (Lipinski definition) is 1. The summed E-state index contributed by atoms with van der Waals surface area (Å²) in [5.74, 6) is 2.42. The first-order chi connectivity index (χ1) is 10.3. The summed E-state index contributed by atoms with van der Waals surface area (Å²) in [6, 6.07) is 7.94. The molecule has 0 saturated heterocycles.